The summed E-state index contributed by atoms with van der Waals surface area (Å²) in [5.41, 5.74) is 3.89. The molecule has 2 aromatic rings. The molecule has 1 atom stereocenters. The van der Waals surface area contributed by atoms with E-state index in [4.69, 9.17) is 5.10 Å². The number of nitrogens with zero attached hydrogens (tertiary/aromatic N) is 3. The van der Waals surface area contributed by atoms with Crippen molar-refractivity contribution in [1.82, 2.24) is 14.7 Å². The molecular weight excluding hydrogens is 394 g/mol. The number of halogens is 1. The molecule has 0 radical (unpaired) electrons. The topological polar surface area (TPSA) is 58.4 Å². The van der Waals surface area contributed by atoms with E-state index in [-0.39, 0.29) is 18.4 Å². The van der Waals surface area contributed by atoms with Gasteiger partial charge in [-0.05, 0) is 62.6 Å². The minimum Gasteiger partial charge on any atom is -0.396 e. The second-order valence-corrected chi connectivity index (χ2v) is 8.23. The highest BCUT2D eigenvalue weighted by atomic mass is 79.9. The van der Waals surface area contributed by atoms with E-state index in [9.17, 15) is 9.90 Å². The Morgan fingerprint density at radius 3 is 2.92 bits per heavy atom. The lowest BCUT2D eigenvalue weighted by molar-refractivity contribution is 0.0613. The van der Waals surface area contributed by atoms with Crippen molar-refractivity contribution in [3.8, 4) is 5.69 Å². The highest BCUT2D eigenvalue weighted by molar-refractivity contribution is 9.10. The number of fused-ring (bicyclic) bond motifs is 1. The lowest BCUT2D eigenvalue weighted by Crippen LogP contribution is -2.41. The SMILES string of the molecule is O=C(c1nn(-c2cccc(Br)c2)c2c1CCCC2)N1CCCC(CO)C1. The van der Waals surface area contributed by atoms with Gasteiger partial charge in [-0.25, -0.2) is 4.68 Å². The molecule has 4 rings (SSSR count). The first-order valence-electron chi connectivity index (χ1n) is 9.44. The summed E-state index contributed by atoms with van der Waals surface area (Å²) in [4.78, 5) is 15.1. The molecule has 1 saturated heterocycles. The Morgan fingerprint density at radius 2 is 2.12 bits per heavy atom. The van der Waals surface area contributed by atoms with Crippen molar-refractivity contribution in [1.29, 1.82) is 0 Å². The summed E-state index contributed by atoms with van der Waals surface area (Å²) in [5.74, 6) is 0.214. The lowest BCUT2D eigenvalue weighted by Gasteiger charge is -2.31. The van der Waals surface area contributed by atoms with Crippen molar-refractivity contribution in [2.24, 2.45) is 5.92 Å². The normalized spacial score (nSPS) is 20.1. The van der Waals surface area contributed by atoms with Gasteiger partial charge in [-0.1, -0.05) is 22.0 Å². The van der Waals surface area contributed by atoms with Crippen LogP contribution in [0.25, 0.3) is 5.69 Å². The number of aliphatic hydroxyl groups is 1. The van der Waals surface area contributed by atoms with Crippen LogP contribution in [-0.4, -0.2) is 45.4 Å². The Morgan fingerprint density at radius 1 is 1.27 bits per heavy atom. The van der Waals surface area contributed by atoms with E-state index in [1.54, 1.807) is 0 Å². The van der Waals surface area contributed by atoms with Crippen LogP contribution in [0.3, 0.4) is 0 Å². The molecule has 6 heteroatoms. The number of aliphatic hydroxyl groups excluding tert-OH is 1. The van der Waals surface area contributed by atoms with Crippen LogP contribution in [0.5, 0.6) is 0 Å². The lowest BCUT2D eigenvalue weighted by atomic mass is 9.94. The maximum Gasteiger partial charge on any atom is 0.274 e. The van der Waals surface area contributed by atoms with Gasteiger partial charge in [0.15, 0.2) is 5.69 Å². The van der Waals surface area contributed by atoms with E-state index in [1.165, 1.54) is 5.69 Å². The van der Waals surface area contributed by atoms with Crippen LogP contribution in [0.2, 0.25) is 0 Å². The molecule has 2 aliphatic rings. The maximum atomic E-state index is 13.2. The van der Waals surface area contributed by atoms with Gasteiger partial charge in [-0.15, -0.1) is 0 Å². The number of rotatable bonds is 3. The molecule has 26 heavy (non-hydrogen) atoms. The summed E-state index contributed by atoms with van der Waals surface area (Å²) in [5, 5.41) is 14.2. The second kappa shape index (κ2) is 7.53. The molecule has 1 amide bonds. The van der Waals surface area contributed by atoms with E-state index < -0.39 is 0 Å². The van der Waals surface area contributed by atoms with Gasteiger partial charge in [0.2, 0.25) is 0 Å². The van der Waals surface area contributed by atoms with Crippen molar-refractivity contribution >= 4 is 21.8 Å². The molecule has 1 aliphatic heterocycles. The first-order chi connectivity index (χ1) is 12.7. The zero-order valence-electron chi connectivity index (χ0n) is 14.8. The Kier molecular flexibility index (Phi) is 5.14. The van der Waals surface area contributed by atoms with Crippen molar-refractivity contribution in [2.45, 2.75) is 38.5 Å². The van der Waals surface area contributed by atoms with Crippen molar-refractivity contribution in [3.63, 3.8) is 0 Å². The minimum atomic E-state index is 0.0232. The molecule has 1 fully saturated rings. The van der Waals surface area contributed by atoms with Gasteiger partial charge < -0.3 is 10.0 Å². The third kappa shape index (κ3) is 3.32. The molecule has 2 heterocycles. The second-order valence-electron chi connectivity index (χ2n) is 7.31. The molecule has 0 bridgehead atoms. The first-order valence-corrected chi connectivity index (χ1v) is 10.2. The van der Waals surface area contributed by atoms with Crippen LogP contribution in [0.1, 0.15) is 47.4 Å². The summed E-state index contributed by atoms with van der Waals surface area (Å²) in [6.07, 6.45) is 6.06. The van der Waals surface area contributed by atoms with E-state index in [2.05, 4.69) is 15.9 Å². The number of piperidine rings is 1. The van der Waals surface area contributed by atoms with E-state index >= 15 is 0 Å². The summed E-state index contributed by atoms with van der Waals surface area (Å²) in [7, 11) is 0. The molecule has 1 aromatic carbocycles. The molecule has 5 nitrogen and oxygen atoms in total. The predicted molar refractivity (Wildman–Crippen MR) is 104 cm³/mol. The van der Waals surface area contributed by atoms with E-state index in [1.807, 2.05) is 33.8 Å². The van der Waals surface area contributed by atoms with Gasteiger partial charge in [-0.2, -0.15) is 5.10 Å². The average molecular weight is 418 g/mol. The smallest absolute Gasteiger partial charge is 0.274 e. The number of aromatic nitrogens is 2. The van der Waals surface area contributed by atoms with Crippen LogP contribution >= 0.6 is 15.9 Å². The van der Waals surface area contributed by atoms with Crippen LogP contribution in [0.15, 0.2) is 28.7 Å². The van der Waals surface area contributed by atoms with Crippen LogP contribution in [0.4, 0.5) is 0 Å². The summed E-state index contributed by atoms with van der Waals surface area (Å²) in [6.45, 7) is 1.54. The van der Waals surface area contributed by atoms with E-state index in [0.717, 1.165) is 60.8 Å². The first kappa shape index (κ1) is 17.7. The Hall–Kier alpha value is -1.66. The Bertz CT molecular complexity index is 817. The number of carbonyl (C=O) groups is 1. The molecular formula is C20H24BrN3O2. The number of carbonyl (C=O) groups excluding carboxylic acids is 1. The number of likely N-dealkylation sites (tertiary alicyclic amines) is 1. The number of amides is 1. The summed E-state index contributed by atoms with van der Waals surface area (Å²) in [6, 6.07) is 8.06. The fraction of sp³-hybridized carbons (Fsp3) is 0.500. The molecule has 1 unspecified atom stereocenters. The van der Waals surface area contributed by atoms with Gasteiger partial charge in [0.1, 0.15) is 0 Å². The molecule has 1 aliphatic carbocycles. The van der Waals surface area contributed by atoms with Crippen molar-refractivity contribution < 1.29 is 9.90 Å². The van der Waals surface area contributed by atoms with Gasteiger partial charge >= 0.3 is 0 Å². The molecule has 138 valence electrons. The minimum absolute atomic E-state index is 0.0232. The fourth-order valence-electron chi connectivity index (χ4n) is 4.14. The number of benzene rings is 1. The standard InChI is InChI=1S/C20H24BrN3O2/c21-15-6-3-7-16(11-15)24-18-9-2-1-8-17(18)19(22-24)20(26)23-10-4-5-14(12-23)13-25/h3,6-7,11,14,25H,1-2,4-5,8-10,12-13H2. The molecule has 0 saturated carbocycles. The van der Waals surface area contributed by atoms with Crippen molar-refractivity contribution in [2.75, 3.05) is 19.7 Å². The van der Waals surface area contributed by atoms with Gasteiger partial charge in [-0.3, -0.25) is 4.79 Å². The number of hydrogen-bond donors (Lipinski definition) is 1. The average Bonchev–Trinajstić information content (AvgIpc) is 3.07. The van der Waals surface area contributed by atoms with E-state index in [0.29, 0.717) is 12.2 Å². The highest BCUT2D eigenvalue weighted by Crippen LogP contribution is 2.29. The van der Waals surface area contributed by atoms with Crippen molar-refractivity contribution in [3.05, 3.63) is 45.7 Å². The Balaban J connectivity index is 1.71. The summed E-state index contributed by atoms with van der Waals surface area (Å²) < 4.78 is 2.96. The zero-order chi connectivity index (χ0) is 18.1. The molecule has 1 aromatic heterocycles. The predicted octanol–water partition coefficient (Wildman–Crippen LogP) is 3.36. The monoisotopic (exact) mass is 417 g/mol. The van der Waals surface area contributed by atoms with Crippen LogP contribution < -0.4 is 0 Å². The van der Waals surface area contributed by atoms with Gasteiger partial charge in [0.05, 0.1) is 5.69 Å². The third-order valence-electron chi connectivity index (χ3n) is 5.50. The highest BCUT2D eigenvalue weighted by Gasteiger charge is 2.30. The number of hydrogen-bond acceptors (Lipinski definition) is 3. The molecule has 0 spiro atoms. The quantitative estimate of drug-likeness (QED) is 0.832. The Labute approximate surface area is 162 Å². The largest absolute Gasteiger partial charge is 0.396 e. The van der Waals surface area contributed by atoms with Crippen LogP contribution in [0, 0.1) is 5.92 Å². The zero-order valence-corrected chi connectivity index (χ0v) is 16.4. The maximum absolute atomic E-state index is 13.2. The third-order valence-corrected chi connectivity index (χ3v) is 5.99. The summed E-state index contributed by atoms with van der Waals surface area (Å²) >= 11 is 3.53. The fourth-order valence-corrected chi connectivity index (χ4v) is 4.53. The molecule has 1 N–H and O–H groups in total. The van der Waals surface area contributed by atoms with Gasteiger partial charge in [0.25, 0.3) is 5.91 Å². The van der Waals surface area contributed by atoms with Gasteiger partial charge in [0, 0.05) is 35.4 Å². The van der Waals surface area contributed by atoms with Crippen LogP contribution in [-0.2, 0) is 12.8 Å².